The Labute approximate surface area is 135 Å². The zero-order valence-corrected chi connectivity index (χ0v) is 13.5. The van der Waals surface area contributed by atoms with Gasteiger partial charge in [0.05, 0.1) is 12.2 Å². The minimum Gasteiger partial charge on any atom is -0.390 e. The third-order valence-corrected chi connectivity index (χ3v) is 6.15. The number of hydrogen-bond donors (Lipinski definition) is 3. The van der Waals surface area contributed by atoms with Crippen LogP contribution in [0.15, 0.2) is 0 Å². The number of fused-ring (bicyclic) bond motifs is 3. The molecule has 3 N–H and O–H groups in total. The molecule has 2 saturated carbocycles. The first kappa shape index (κ1) is 15.1. The summed E-state index contributed by atoms with van der Waals surface area (Å²) in [4.78, 5) is 12.5. The van der Waals surface area contributed by atoms with E-state index in [-0.39, 0.29) is 23.7 Å². The van der Waals surface area contributed by atoms with Crippen LogP contribution in [0.25, 0.3) is 0 Å². The molecule has 5 atom stereocenters. The van der Waals surface area contributed by atoms with Crippen LogP contribution in [0.1, 0.15) is 47.4 Å². The van der Waals surface area contributed by atoms with E-state index in [2.05, 4.69) is 10.4 Å². The zero-order valence-electron chi connectivity index (χ0n) is 13.5. The van der Waals surface area contributed by atoms with Crippen LogP contribution in [0.4, 0.5) is 0 Å². The first-order valence-electron chi connectivity index (χ1n) is 8.77. The summed E-state index contributed by atoms with van der Waals surface area (Å²) in [5, 5.41) is 27.3. The summed E-state index contributed by atoms with van der Waals surface area (Å²) < 4.78 is 1.98. The lowest BCUT2D eigenvalue weighted by Gasteiger charge is -2.29. The molecule has 1 aromatic rings. The van der Waals surface area contributed by atoms with Gasteiger partial charge < -0.3 is 15.5 Å². The molecule has 0 aromatic carbocycles. The van der Waals surface area contributed by atoms with Gasteiger partial charge in [0.15, 0.2) is 5.69 Å². The largest absolute Gasteiger partial charge is 0.390 e. The predicted molar refractivity (Wildman–Crippen MR) is 84.0 cm³/mol. The number of aliphatic hydroxyl groups is 2. The predicted octanol–water partition coefficient (Wildman–Crippen LogP) is 0.635. The number of aryl methyl sites for hydroxylation is 1. The number of hydrogen-bond acceptors (Lipinski definition) is 4. The number of nitrogens with zero attached hydrogens (tertiary/aromatic N) is 2. The molecule has 23 heavy (non-hydrogen) atoms. The van der Waals surface area contributed by atoms with E-state index in [4.69, 9.17) is 0 Å². The first-order valence-corrected chi connectivity index (χ1v) is 8.77. The molecule has 4 rings (SSSR count). The zero-order chi connectivity index (χ0) is 16.1. The van der Waals surface area contributed by atoms with Gasteiger partial charge in [0.25, 0.3) is 5.91 Å². The van der Waals surface area contributed by atoms with Gasteiger partial charge in [-0.2, -0.15) is 5.10 Å². The molecule has 2 fully saturated rings. The van der Waals surface area contributed by atoms with Gasteiger partial charge in [0.1, 0.15) is 0 Å². The van der Waals surface area contributed by atoms with Gasteiger partial charge in [-0.15, -0.1) is 0 Å². The van der Waals surface area contributed by atoms with Crippen LogP contribution in [-0.2, 0) is 13.0 Å². The van der Waals surface area contributed by atoms with E-state index in [1.54, 1.807) is 0 Å². The van der Waals surface area contributed by atoms with E-state index < -0.39 is 12.2 Å². The summed E-state index contributed by atoms with van der Waals surface area (Å²) in [5.74, 6) is 0.465. The Morgan fingerprint density at radius 1 is 1.30 bits per heavy atom. The second kappa shape index (κ2) is 5.60. The van der Waals surface area contributed by atoms with Gasteiger partial charge in [-0.1, -0.05) is 0 Å². The quantitative estimate of drug-likeness (QED) is 0.763. The molecule has 0 radical (unpaired) electrons. The molecule has 6 heteroatoms. The highest BCUT2D eigenvalue weighted by Crippen LogP contribution is 2.48. The van der Waals surface area contributed by atoms with Crippen molar-refractivity contribution in [3.05, 3.63) is 17.0 Å². The summed E-state index contributed by atoms with van der Waals surface area (Å²) in [6, 6.07) is 0. The van der Waals surface area contributed by atoms with E-state index in [9.17, 15) is 15.0 Å². The fourth-order valence-corrected chi connectivity index (χ4v) is 4.83. The van der Waals surface area contributed by atoms with Crippen LogP contribution in [0.5, 0.6) is 0 Å². The van der Waals surface area contributed by atoms with E-state index in [0.717, 1.165) is 37.8 Å². The summed E-state index contributed by atoms with van der Waals surface area (Å²) in [7, 11) is 0. The molecule has 1 aromatic heterocycles. The maximum atomic E-state index is 12.5. The minimum absolute atomic E-state index is 0.109. The molecule has 126 valence electrons. The summed E-state index contributed by atoms with van der Waals surface area (Å²) in [6.07, 6.45) is 3.86. The molecule has 6 nitrogen and oxygen atoms in total. The SMILES string of the molecule is Cc1c(C(=O)NC[C@@H]2C[C@H]3C[C@@H]2[C@H](O)[C@@H]3O)nn2c1CCCC2. The second-order valence-corrected chi connectivity index (χ2v) is 7.45. The molecule has 0 spiro atoms. The molecule has 2 bridgehead atoms. The van der Waals surface area contributed by atoms with Crippen LogP contribution in [-0.4, -0.2) is 44.7 Å². The maximum absolute atomic E-state index is 12.5. The average molecular weight is 319 g/mol. The first-order chi connectivity index (χ1) is 11.1. The Balaban J connectivity index is 1.41. The number of amides is 1. The van der Waals surface area contributed by atoms with E-state index >= 15 is 0 Å². The molecule has 2 heterocycles. The molecule has 2 aliphatic carbocycles. The summed E-state index contributed by atoms with van der Waals surface area (Å²) in [6.45, 7) is 3.45. The van der Waals surface area contributed by atoms with E-state index in [0.29, 0.717) is 12.2 Å². The van der Waals surface area contributed by atoms with Gasteiger partial charge in [-0.05, 0) is 56.8 Å². The van der Waals surface area contributed by atoms with Crippen molar-refractivity contribution >= 4 is 5.91 Å². The number of aliphatic hydroxyl groups excluding tert-OH is 2. The van der Waals surface area contributed by atoms with E-state index in [1.165, 1.54) is 12.1 Å². The molecule has 0 saturated heterocycles. The standard InChI is InChI=1S/C17H25N3O3/c1-9-13-4-2-3-5-20(13)19-14(9)17(23)18-8-11-6-10-7-12(11)16(22)15(10)21/h10-12,15-16,21-22H,2-8H2,1H3,(H,18,23)/t10-,11-,12-,15+,16-/m0/s1. The third kappa shape index (κ3) is 2.39. The average Bonchev–Trinajstić information content (AvgIpc) is 3.20. The second-order valence-electron chi connectivity index (χ2n) is 7.45. The lowest BCUT2D eigenvalue weighted by Crippen LogP contribution is -2.41. The van der Waals surface area contributed by atoms with Crippen LogP contribution in [0, 0.1) is 24.7 Å². The number of carbonyl (C=O) groups is 1. The number of carbonyl (C=O) groups excluding carboxylic acids is 1. The normalized spacial score (nSPS) is 35.3. The van der Waals surface area contributed by atoms with E-state index in [1.807, 2.05) is 11.6 Å². The molecular weight excluding hydrogens is 294 g/mol. The van der Waals surface area contributed by atoms with Crippen molar-refractivity contribution in [3.8, 4) is 0 Å². The molecule has 1 amide bonds. The summed E-state index contributed by atoms with van der Waals surface area (Å²) >= 11 is 0. The molecule has 1 aliphatic heterocycles. The van der Waals surface area contributed by atoms with Crippen molar-refractivity contribution in [1.29, 1.82) is 0 Å². The third-order valence-electron chi connectivity index (χ3n) is 6.15. The Morgan fingerprint density at radius 3 is 2.83 bits per heavy atom. The van der Waals surface area contributed by atoms with Gasteiger partial charge >= 0.3 is 0 Å². The van der Waals surface area contributed by atoms with Crippen molar-refractivity contribution in [2.24, 2.45) is 17.8 Å². The Kier molecular flexibility index (Phi) is 3.69. The van der Waals surface area contributed by atoms with Gasteiger partial charge in [0, 0.05) is 24.3 Å². The Morgan fingerprint density at radius 2 is 2.13 bits per heavy atom. The molecular formula is C17H25N3O3. The highest BCUT2D eigenvalue weighted by atomic mass is 16.3. The fourth-order valence-electron chi connectivity index (χ4n) is 4.83. The van der Waals surface area contributed by atoms with Gasteiger partial charge in [0.2, 0.25) is 0 Å². The Hall–Kier alpha value is -1.40. The minimum atomic E-state index is -0.627. The van der Waals surface area contributed by atoms with Gasteiger partial charge in [-0.3, -0.25) is 9.48 Å². The maximum Gasteiger partial charge on any atom is 0.272 e. The van der Waals surface area contributed by atoms with Crippen molar-refractivity contribution < 1.29 is 15.0 Å². The Bertz CT molecular complexity index is 625. The van der Waals surface area contributed by atoms with Crippen molar-refractivity contribution in [2.75, 3.05) is 6.54 Å². The van der Waals surface area contributed by atoms with Crippen LogP contribution < -0.4 is 5.32 Å². The highest BCUT2D eigenvalue weighted by molar-refractivity contribution is 5.93. The smallest absolute Gasteiger partial charge is 0.272 e. The fraction of sp³-hybridized carbons (Fsp3) is 0.765. The highest BCUT2D eigenvalue weighted by Gasteiger charge is 2.51. The summed E-state index contributed by atoms with van der Waals surface area (Å²) in [5.41, 5.74) is 2.75. The van der Waals surface area contributed by atoms with Crippen molar-refractivity contribution in [1.82, 2.24) is 15.1 Å². The molecule has 3 aliphatic rings. The monoisotopic (exact) mass is 319 g/mol. The van der Waals surface area contributed by atoms with Crippen molar-refractivity contribution in [3.63, 3.8) is 0 Å². The lowest BCUT2D eigenvalue weighted by molar-refractivity contribution is -0.0332. The lowest BCUT2D eigenvalue weighted by atomic mass is 9.85. The molecule has 0 unspecified atom stereocenters. The van der Waals surface area contributed by atoms with Crippen LogP contribution in [0.2, 0.25) is 0 Å². The van der Waals surface area contributed by atoms with Crippen LogP contribution in [0.3, 0.4) is 0 Å². The number of rotatable bonds is 3. The van der Waals surface area contributed by atoms with Crippen molar-refractivity contribution in [2.45, 2.75) is 57.8 Å². The number of aromatic nitrogens is 2. The topological polar surface area (TPSA) is 87.4 Å². The van der Waals surface area contributed by atoms with Gasteiger partial charge in [-0.25, -0.2) is 0 Å². The number of nitrogens with one attached hydrogen (secondary N) is 1. The van der Waals surface area contributed by atoms with Crippen LogP contribution >= 0.6 is 0 Å².